The van der Waals surface area contributed by atoms with Crippen molar-refractivity contribution in [2.45, 2.75) is 71.3 Å². The molecule has 1 saturated carbocycles. The third-order valence-electron chi connectivity index (χ3n) is 3.44. The fourth-order valence-electron chi connectivity index (χ4n) is 2.06. The third-order valence-corrected chi connectivity index (χ3v) is 3.44. The van der Waals surface area contributed by atoms with Gasteiger partial charge in [0.25, 0.3) is 0 Å². The number of rotatable bonds is 11. The number of nitrogens with zero attached hydrogens (tertiary/aromatic N) is 1. The van der Waals surface area contributed by atoms with E-state index in [1.54, 1.807) is 0 Å². The Kier molecular flexibility index (Phi) is 13.7. The highest BCUT2D eigenvalue weighted by Crippen LogP contribution is 2.18. The fraction of sp³-hybridized carbons (Fsp3) is 0.875. The molecule has 130 valence electrons. The molecule has 1 fully saturated rings. The summed E-state index contributed by atoms with van der Waals surface area (Å²) in [5.41, 5.74) is 0. The number of hydrogen-bond donors (Lipinski definition) is 3. The minimum Gasteiger partial charge on any atom is -0.357 e. The van der Waals surface area contributed by atoms with E-state index in [2.05, 4.69) is 34.8 Å². The van der Waals surface area contributed by atoms with Gasteiger partial charge in [0.2, 0.25) is 5.91 Å². The standard InChI is InChI=1S/C16H32N4O.HI/c1-3-5-6-7-12-18-16(17-4-2)19-13-8-9-15(21)20-14-10-11-14;/h14H,3-13H2,1-2H3,(H,20,21)(H2,17,18,19);1H. The molecule has 0 aliphatic heterocycles. The lowest BCUT2D eigenvalue weighted by Crippen LogP contribution is -2.37. The van der Waals surface area contributed by atoms with Crippen molar-refractivity contribution in [2.75, 3.05) is 19.6 Å². The summed E-state index contributed by atoms with van der Waals surface area (Å²) < 4.78 is 0. The maximum Gasteiger partial charge on any atom is 0.220 e. The van der Waals surface area contributed by atoms with Crippen LogP contribution in [-0.4, -0.2) is 37.5 Å². The van der Waals surface area contributed by atoms with Crippen molar-refractivity contribution in [1.29, 1.82) is 0 Å². The van der Waals surface area contributed by atoms with Gasteiger partial charge >= 0.3 is 0 Å². The summed E-state index contributed by atoms with van der Waals surface area (Å²) in [5, 5.41) is 9.59. The van der Waals surface area contributed by atoms with E-state index in [1.807, 2.05) is 0 Å². The van der Waals surface area contributed by atoms with Gasteiger partial charge in [0.15, 0.2) is 5.96 Å². The number of nitrogens with one attached hydrogen (secondary N) is 3. The Morgan fingerprint density at radius 2 is 1.86 bits per heavy atom. The van der Waals surface area contributed by atoms with Crippen LogP contribution in [0.25, 0.3) is 0 Å². The van der Waals surface area contributed by atoms with Crippen molar-refractivity contribution < 1.29 is 4.79 Å². The fourth-order valence-corrected chi connectivity index (χ4v) is 2.06. The van der Waals surface area contributed by atoms with Gasteiger partial charge < -0.3 is 16.0 Å². The summed E-state index contributed by atoms with van der Waals surface area (Å²) in [5.74, 6) is 1.04. The highest BCUT2D eigenvalue weighted by molar-refractivity contribution is 14.0. The van der Waals surface area contributed by atoms with Crippen molar-refractivity contribution in [3.63, 3.8) is 0 Å². The molecule has 0 aromatic carbocycles. The third kappa shape index (κ3) is 12.1. The highest BCUT2D eigenvalue weighted by Gasteiger charge is 2.22. The van der Waals surface area contributed by atoms with Gasteiger partial charge in [0.05, 0.1) is 0 Å². The molecule has 1 amide bonds. The predicted octanol–water partition coefficient (Wildman–Crippen LogP) is 2.80. The molecule has 1 aliphatic carbocycles. The minimum absolute atomic E-state index is 0. The van der Waals surface area contributed by atoms with Crippen molar-refractivity contribution in [3.8, 4) is 0 Å². The average molecular weight is 424 g/mol. The Hall–Kier alpha value is -0.530. The Morgan fingerprint density at radius 3 is 2.50 bits per heavy atom. The van der Waals surface area contributed by atoms with Crippen LogP contribution < -0.4 is 16.0 Å². The monoisotopic (exact) mass is 424 g/mol. The predicted molar refractivity (Wildman–Crippen MR) is 104 cm³/mol. The number of carbonyl (C=O) groups excluding carboxylic acids is 1. The molecule has 0 heterocycles. The second kappa shape index (κ2) is 14.1. The Labute approximate surface area is 152 Å². The van der Waals surface area contributed by atoms with Crippen LogP contribution in [0.3, 0.4) is 0 Å². The second-order valence-corrected chi connectivity index (χ2v) is 5.69. The van der Waals surface area contributed by atoms with Gasteiger partial charge in [-0.05, 0) is 32.6 Å². The van der Waals surface area contributed by atoms with Gasteiger partial charge in [0.1, 0.15) is 0 Å². The maximum absolute atomic E-state index is 11.5. The van der Waals surface area contributed by atoms with E-state index in [4.69, 9.17) is 0 Å². The van der Waals surface area contributed by atoms with Gasteiger partial charge in [-0.25, -0.2) is 0 Å². The Morgan fingerprint density at radius 1 is 1.09 bits per heavy atom. The van der Waals surface area contributed by atoms with Gasteiger partial charge in [-0.3, -0.25) is 9.79 Å². The Balaban J connectivity index is 0.00000441. The van der Waals surface area contributed by atoms with Gasteiger partial charge in [-0.15, -0.1) is 24.0 Å². The van der Waals surface area contributed by atoms with E-state index in [1.165, 1.54) is 25.7 Å². The zero-order chi connectivity index (χ0) is 15.3. The molecule has 3 N–H and O–H groups in total. The molecule has 1 aliphatic rings. The summed E-state index contributed by atoms with van der Waals surface area (Å²) in [6.07, 6.45) is 8.70. The van der Waals surface area contributed by atoms with E-state index in [-0.39, 0.29) is 29.9 Å². The van der Waals surface area contributed by atoms with Crippen LogP contribution in [0.15, 0.2) is 4.99 Å². The first kappa shape index (κ1) is 21.5. The largest absolute Gasteiger partial charge is 0.357 e. The normalized spacial score (nSPS) is 14.2. The molecule has 0 aromatic heterocycles. The summed E-state index contributed by atoms with van der Waals surface area (Å²) >= 11 is 0. The van der Waals surface area contributed by atoms with Crippen LogP contribution in [0.1, 0.15) is 65.2 Å². The maximum atomic E-state index is 11.5. The lowest BCUT2D eigenvalue weighted by Gasteiger charge is -2.11. The van der Waals surface area contributed by atoms with Crippen LogP contribution in [0.2, 0.25) is 0 Å². The van der Waals surface area contributed by atoms with Crippen molar-refractivity contribution in [3.05, 3.63) is 0 Å². The summed E-state index contributed by atoms with van der Waals surface area (Å²) in [4.78, 5) is 16.1. The van der Waals surface area contributed by atoms with Crippen LogP contribution in [0.4, 0.5) is 0 Å². The SMILES string of the molecule is CCCCCCNC(=NCCCC(=O)NC1CC1)NCC.I. The lowest BCUT2D eigenvalue weighted by molar-refractivity contribution is -0.121. The molecular weight excluding hydrogens is 391 g/mol. The molecule has 0 spiro atoms. The van der Waals surface area contributed by atoms with Crippen LogP contribution in [0, 0.1) is 0 Å². The molecule has 0 unspecified atom stereocenters. The number of halogens is 1. The molecule has 0 radical (unpaired) electrons. The molecule has 0 atom stereocenters. The molecule has 6 heteroatoms. The zero-order valence-corrected chi connectivity index (χ0v) is 16.4. The molecule has 0 bridgehead atoms. The molecule has 1 rings (SSSR count). The van der Waals surface area contributed by atoms with Gasteiger partial charge in [0, 0.05) is 32.1 Å². The first-order valence-electron chi connectivity index (χ1n) is 8.57. The number of hydrogen-bond acceptors (Lipinski definition) is 2. The summed E-state index contributed by atoms with van der Waals surface area (Å²) in [7, 11) is 0. The first-order valence-corrected chi connectivity index (χ1v) is 8.57. The summed E-state index contributed by atoms with van der Waals surface area (Å²) in [6, 6.07) is 0.461. The molecular formula is C16H33IN4O. The van der Waals surface area contributed by atoms with Crippen molar-refractivity contribution >= 4 is 35.8 Å². The topological polar surface area (TPSA) is 65.5 Å². The number of aliphatic imine (C=N–C) groups is 1. The first-order chi connectivity index (χ1) is 10.3. The lowest BCUT2D eigenvalue weighted by atomic mass is 10.2. The number of guanidine groups is 1. The average Bonchev–Trinajstić information content (AvgIpc) is 3.27. The molecule has 22 heavy (non-hydrogen) atoms. The van der Waals surface area contributed by atoms with Gasteiger partial charge in [-0.1, -0.05) is 26.2 Å². The van der Waals surface area contributed by atoms with Gasteiger partial charge in [-0.2, -0.15) is 0 Å². The van der Waals surface area contributed by atoms with Crippen LogP contribution in [-0.2, 0) is 4.79 Å². The van der Waals surface area contributed by atoms with E-state index >= 15 is 0 Å². The highest BCUT2D eigenvalue weighted by atomic mass is 127. The minimum atomic E-state index is 0. The molecule has 5 nitrogen and oxygen atoms in total. The van der Waals surface area contributed by atoms with E-state index in [0.717, 1.165) is 38.3 Å². The van der Waals surface area contributed by atoms with Crippen molar-refractivity contribution in [1.82, 2.24) is 16.0 Å². The summed E-state index contributed by atoms with van der Waals surface area (Å²) in [6.45, 7) is 6.81. The van der Waals surface area contributed by atoms with E-state index < -0.39 is 0 Å². The van der Waals surface area contributed by atoms with Crippen LogP contribution in [0.5, 0.6) is 0 Å². The molecule has 0 saturated heterocycles. The van der Waals surface area contributed by atoms with E-state index in [0.29, 0.717) is 19.0 Å². The molecule has 0 aromatic rings. The van der Waals surface area contributed by atoms with Crippen LogP contribution >= 0.6 is 24.0 Å². The Bertz CT molecular complexity index is 319. The van der Waals surface area contributed by atoms with Crippen molar-refractivity contribution in [2.24, 2.45) is 4.99 Å². The zero-order valence-electron chi connectivity index (χ0n) is 14.1. The second-order valence-electron chi connectivity index (χ2n) is 5.69. The number of carbonyl (C=O) groups is 1. The quantitative estimate of drug-likeness (QED) is 0.207. The number of amides is 1. The number of unbranched alkanes of at least 4 members (excludes halogenated alkanes) is 3. The smallest absolute Gasteiger partial charge is 0.220 e. The van der Waals surface area contributed by atoms with E-state index in [9.17, 15) is 4.79 Å².